The maximum atomic E-state index is 14.9. The average molecular weight is 533 g/mol. The second kappa shape index (κ2) is 9.52. The first-order valence-electron chi connectivity index (χ1n) is 10.8. The number of benzene rings is 1. The Morgan fingerprint density at radius 3 is 2.57 bits per heavy atom. The van der Waals surface area contributed by atoms with E-state index in [0.29, 0.717) is 6.42 Å². The highest BCUT2D eigenvalue weighted by atomic mass is 35.5. The van der Waals surface area contributed by atoms with Crippen molar-refractivity contribution in [2.75, 3.05) is 24.7 Å². The Morgan fingerprint density at radius 2 is 1.97 bits per heavy atom. The van der Waals surface area contributed by atoms with Crippen molar-refractivity contribution in [2.24, 2.45) is 0 Å². The molecule has 190 valence electrons. The molecule has 0 saturated carbocycles. The summed E-state index contributed by atoms with van der Waals surface area (Å²) in [4.78, 5) is 12.3. The van der Waals surface area contributed by atoms with Gasteiger partial charge in [0.2, 0.25) is 16.0 Å². The van der Waals surface area contributed by atoms with Crippen LogP contribution in [0, 0.1) is 5.82 Å². The highest BCUT2D eigenvalue weighted by molar-refractivity contribution is 7.88. The van der Waals surface area contributed by atoms with Crippen molar-refractivity contribution in [1.29, 1.82) is 0 Å². The molecule has 3 heterocycles. The van der Waals surface area contributed by atoms with E-state index in [1.165, 1.54) is 21.1 Å². The molecule has 0 radical (unpaired) electrons. The summed E-state index contributed by atoms with van der Waals surface area (Å²) in [5.74, 6) is -1.24. The number of aromatic nitrogens is 4. The molecule has 1 saturated heterocycles. The minimum absolute atomic E-state index is 0.0789. The van der Waals surface area contributed by atoms with E-state index in [0.717, 1.165) is 12.3 Å². The number of hydrogen-bond donors (Lipinski definition) is 2. The number of aliphatic hydroxyl groups excluding tert-OH is 1. The van der Waals surface area contributed by atoms with Crippen molar-refractivity contribution in [3.05, 3.63) is 35.0 Å². The first-order valence-corrected chi connectivity index (χ1v) is 13.0. The number of alkyl halides is 2. The lowest BCUT2D eigenvalue weighted by molar-refractivity contribution is 0.0950. The zero-order valence-corrected chi connectivity index (χ0v) is 20.7. The average Bonchev–Trinajstić information content (AvgIpc) is 3.16. The molecule has 2 atom stereocenters. The molecule has 3 aromatic rings. The fourth-order valence-corrected chi connectivity index (χ4v) is 5.24. The van der Waals surface area contributed by atoms with E-state index >= 15 is 0 Å². The predicted octanol–water partition coefficient (Wildman–Crippen LogP) is 3.61. The van der Waals surface area contributed by atoms with Crippen LogP contribution in [0.25, 0.3) is 22.3 Å². The molecule has 35 heavy (non-hydrogen) atoms. The highest BCUT2D eigenvalue weighted by Gasteiger charge is 2.32. The monoisotopic (exact) mass is 532 g/mol. The first kappa shape index (κ1) is 25.6. The van der Waals surface area contributed by atoms with Gasteiger partial charge >= 0.3 is 0 Å². The summed E-state index contributed by atoms with van der Waals surface area (Å²) in [6.07, 6.45) is -1.21. The number of piperidine rings is 1. The van der Waals surface area contributed by atoms with Crippen molar-refractivity contribution in [3.8, 4) is 11.3 Å². The lowest BCUT2D eigenvalue weighted by atomic mass is 10.0. The van der Waals surface area contributed by atoms with Gasteiger partial charge in [-0.1, -0.05) is 11.6 Å². The number of sulfonamides is 1. The minimum Gasteiger partial charge on any atom is -0.390 e. The third kappa shape index (κ3) is 5.08. The van der Waals surface area contributed by atoms with Crippen LogP contribution in [0.5, 0.6) is 0 Å². The molecule has 0 aliphatic carbocycles. The lowest BCUT2D eigenvalue weighted by Crippen LogP contribution is -2.51. The summed E-state index contributed by atoms with van der Waals surface area (Å²) in [5, 5.41) is 13.5. The third-order valence-electron chi connectivity index (χ3n) is 5.83. The van der Waals surface area contributed by atoms with E-state index in [2.05, 4.69) is 20.3 Å². The van der Waals surface area contributed by atoms with Crippen molar-refractivity contribution in [1.82, 2.24) is 23.8 Å². The Morgan fingerprint density at radius 1 is 1.26 bits per heavy atom. The largest absolute Gasteiger partial charge is 0.390 e. The number of halogens is 4. The zero-order valence-electron chi connectivity index (χ0n) is 19.1. The number of anilines is 1. The fraction of sp³-hybridized carbons (Fsp3) is 0.476. The van der Waals surface area contributed by atoms with Crippen LogP contribution >= 0.6 is 11.6 Å². The SMILES string of the molecule is CC(C)n1c(C(F)F)nc2c(F)cc(-c3nc(N[C@@H]4CCN(S(C)(=O)=O)C[C@H]4O)ncc3Cl)cc21. The molecule has 0 unspecified atom stereocenters. The van der Waals surface area contributed by atoms with Gasteiger partial charge in [-0.15, -0.1) is 0 Å². The van der Waals surface area contributed by atoms with Crippen LogP contribution in [-0.4, -0.2) is 68.8 Å². The molecular weight excluding hydrogens is 509 g/mol. The van der Waals surface area contributed by atoms with E-state index in [4.69, 9.17) is 11.6 Å². The molecule has 0 amide bonds. The second-order valence-corrected chi connectivity index (χ2v) is 11.1. The lowest BCUT2D eigenvalue weighted by Gasteiger charge is -2.34. The van der Waals surface area contributed by atoms with Gasteiger partial charge in [0.1, 0.15) is 5.52 Å². The summed E-state index contributed by atoms with van der Waals surface area (Å²) in [6.45, 7) is 3.52. The number of β-amino-alcohol motifs (C(OH)–C–C–N with tert-alkyl or cyclic N) is 1. The van der Waals surface area contributed by atoms with Gasteiger partial charge in [-0.05, 0) is 32.4 Å². The van der Waals surface area contributed by atoms with Gasteiger partial charge in [0.15, 0.2) is 11.6 Å². The fourth-order valence-electron chi connectivity index (χ4n) is 4.18. The Kier molecular flexibility index (Phi) is 6.97. The van der Waals surface area contributed by atoms with Crippen LogP contribution in [-0.2, 0) is 10.0 Å². The summed E-state index contributed by atoms with van der Waals surface area (Å²) in [6, 6.07) is 1.68. The quantitative estimate of drug-likeness (QED) is 0.498. The smallest absolute Gasteiger partial charge is 0.295 e. The number of fused-ring (bicyclic) bond motifs is 1. The maximum Gasteiger partial charge on any atom is 0.295 e. The molecular formula is C21H24ClF3N6O3S. The summed E-state index contributed by atoms with van der Waals surface area (Å²) >= 11 is 6.29. The summed E-state index contributed by atoms with van der Waals surface area (Å²) < 4.78 is 67.9. The zero-order chi connectivity index (χ0) is 25.7. The van der Waals surface area contributed by atoms with Crippen molar-refractivity contribution in [2.45, 2.75) is 44.9 Å². The number of nitrogens with one attached hydrogen (secondary N) is 1. The van der Waals surface area contributed by atoms with Crippen molar-refractivity contribution >= 4 is 38.6 Å². The predicted molar refractivity (Wildman–Crippen MR) is 126 cm³/mol. The third-order valence-corrected chi connectivity index (χ3v) is 7.38. The minimum atomic E-state index is -3.43. The normalized spacial score (nSPS) is 19.7. The molecule has 2 aromatic heterocycles. The molecule has 1 aliphatic heterocycles. The van der Waals surface area contributed by atoms with Gasteiger partial charge in [0, 0.05) is 24.7 Å². The highest BCUT2D eigenvalue weighted by Crippen LogP contribution is 2.34. The van der Waals surface area contributed by atoms with E-state index in [9.17, 15) is 26.7 Å². The van der Waals surface area contributed by atoms with E-state index in [1.807, 2.05) is 0 Å². The molecule has 0 bridgehead atoms. The Bertz CT molecular complexity index is 1370. The van der Waals surface area contributed by atoms with E-state index in [-0.39, 0.29) is 46.4 Å². The topological polar surface area (TPSA) is 113 Å². The van der Waals surface area contributed by atoms with Crippen molar-refractivity contribution < 1.29 is 26.7 Å². The molecule has 2 N–H and O–H groups in total. The van der Waals surface area contributed by atoms with Crippen LogP contribution in [0.15, 0.2) is 18.3 Å². The molecule has 1 aromatic carbocycles. The number of nitrogens with zero attached hydrogens (tertiary/aromatic N) is 5. The molecule has 1 fully saturated rings. The number of rotatable bonds is 6. The van der Waals surface area contributed by atoms with Crippen LogP contribution in [0.4, 0.5) is 19.1 Å². The first-order chi connectivity index (χ1) is 16.4. The Balaban J connectivity index is 1.69. The van der Waals surface area contributed by atoms with Gasteiger partial charge in [-0.2, -0.15) is 4.31 Å². The van der Waals surface area contributed by atoms with E-state index in [1.54, 1.807) is 13.8 Å². The van der Waals surface area contributed by atoms with Gasteiger partial charge in [0.25, 0.3) is 6.43 Å². The molecule has 14 heteroatoms. The summed E-state index contributed by atoms with van der Waals surface area (Å²) in [5.41, 5.74) is 0.392. The van der Waals surface area contributed by atoms with E-state index < -0.39 is 46.3 Å². The molecule has 4 rings (SSSR count). The molecule has 9 nitrogen and oxygen atoms in total. The molecule has 0 spiro atoms. The number of hydrogen-bond acceptors (Lipinski definition) is 7. The molecule has 1 aliphatic rings. The van der Waals surface area contributed by atoms with Gasteiger partial charge < -0.3 is 15.0 Å². The Labute approximate surface area is 205 Å². The van der Waals surface area contributed by atoms with Gasteiger partial charge in [-0.3, -0.25) is 0 Å². The second-order valence-electron chi connectivity index (χ2n) is 8.68. The van der Waals surface area contributed by atoms with Crippen LogP contribution in [0.3, 0.4) is 0 Å². The van der Waals surface area contributed by atoms with Crippen LogP contribution in [0.2, 0.25) is 5.02 Å². The van der Waals surface area contributed by atoms with Crippen LogP contribution < -0.4 is 5.32 Å². The maximum absolute atomic E-state index is 14.9. The Hall–Kier alpha value is -2.48. The summed E-state index contributed by atoms with van der Waals surface area (Å²) in [7, 11) is -3.43. The van der Waals surface area contributed by atoms with Gasteiger partial charge in [-0.25, -0.2) is 36.5 Å². The number of aliphatic hydroxyl groups is 1. The van der Waals surface area contributed by atoms with Crippen molar-refractivity contribution in [3.63, 3.8) is 0 Å². The standard InChI is InChI=1S/C21H24ClF3N6O3S/c1-10(2)31-15-7-11(6-13(23)18(15)28-20(31)19(24)25)17-12(22)8-26-21(29-17)27-14-4-5-30(9-16(14)32)35(3,33)34/h6-8,10,14,16,19,32H,4-5,9H2,1-3H3,(H,26,27,29)/t14-,16-/m1/s1. The van der Waals surface area contributed by atoms with Gasteiger partial charge in [0.05, 0.1) is 40.8 Å². The number of imidazole rings is 1. The van der Waals surface area contributed by atoms with Crippen LogP contribution in [0.1, 0.15) is 38.6 Å².